The Morgan fingerprint density at radius 3 is 2.59 bits per heavy atom. The van der Waals surface area contributed by atoms with E-state index in [2.05, 4.69) is 54.9 Å². The molecule has 4 heteroatoms. The van der Waals surface area contributed by atoms with Crippen molar-refractivity contribution in [2.75, 3.05) is 6.54 Å². The van der Waals surface area contributed by atoms with Gasteiger partial charge in [0.25, 0.3) is 0 Å². The van der Waals surface area contributed by atoms with Crippen LogP contribution in [0.4, 0.5) is 0 Å². The fourth-order valence-corrected chi connectivity index (χ4v) is 2.99. The second-order valence-electron chi connectivity index (χ2n) is 6.87. The third kappa shape index (κ3) is 2.68. The highest BCUT2D eigenvalue weighted by Crippen LogP contribution is 2.33. The molecule has 0 amide bonds. The summed E-state index contributed by atoms with van der Waals surface area (Å²) in [7, 11) is 0. The standard InChI is InChI=1S/C13H24N4/c1-12(2,3)9-13(4,5)17-11-6-7-14-8-10(11)15-16-17/h14H,6-9H2,1-5H3. The van der Waals surface area contributed by atoms with E-state index in [-0.39, 0.29) is 5.54 Å². The summed E-state index contributed by atoms with van der Waals surface area (Å²) in [6, 6.07) is 0. The molecule has 0 aromatic carbocycles. The Balaban J connectivity index is 2.30. The van der Waals surface area contributed by atoms with Gasteiger partial charge in [-0.2, -0.15) is 0 Å². The molecule has 4 nitrogen and oxygen atoms in total. The Morgan fingerprint density at radius 2 is 1.94 bits per heavy atom. The minimum Gasteiger partial charge on any atom is -0.311 e. The predicted octanol–water partition coefficient (Wildman–Crippen LogP) is 2.10. The van der Waals surface area contributed by atoms with Gasteiger partial charge in [-0.25, -0.2) is 4.68 Å². The molecule has 0 radical (unpaired) electrons. The Labute approximate surface area is 104 Å². The van der Waals surface area contributed by atoms with Gasteiger partial charge < -0.3 is 5.32 Å². The fourth-order valence-electron chi connectivity index (χ4n) is 2.99. The van der Waals surface area contributed by atoms with Crippen molar-refractivity contribution < 1.29 is 0 Å². The molecule has 96 valence electrons. The van der Waals surface area contributed by atoms with Crippen molar-refractivity contribution in [3.63, 3.8) is 0 Å². The minimum atomic E-state index is 0.0379. The molecule has 2 heterocycles. The quantitative estimate of drug-likeness (QED) is 0.855. The van der Waals surface area contributed by atoms with Gasteiger partial charge in [0, 0.05) is 19.5 Å². The summed E-state index contributed by atoms with van der Waals surface area (Å²) in [4.78, 5) is 0. The van der Waals surface area contributed by atoms with Crippen LogP contribution in [0.3, 0.4) is 0 Å². The molecule has 0 aliphatic carbocycles. The summed E-state index contributed by atoms with van der Waals surface area (Å²) in [6.45, 7) is 13.2. The van der Waals surface area contributed by atoms with Crippen LogP contribution >= 0.6 is 0 Å². The Hall–Kier alpha value is -0.900. The van der Waals surface area contributed by atoms with Crippen molar-refractivity contribution in [2.45, 2.75) is 59.5 Å². The maximum absolute atomic E-state index is 4.38. The first-order valence-electron chi connectivity index (χ1n) is 6.44. The summed E-state index contributed by atoms with van der Waals surface area (Å²) < 4.78 is 2.15. The summed E-state index contributed by atoms with van der Waals surface area (Å²) in [5.74, 6) is 0. The summed E-state index contributed by atoms with van der Waals surface area (Å²) in [5, 5.41) is 12.0. The van der Waals surface area contributed by atoms with Crippen molar-refractivity contribution in [3.8, 4) is 0 Å². The molecular formula is C13H24N4. The Bertz CT molecular complexity index is 398. The molecule has 0 saturated carbocycles. The van der Waals surface area contributed by atoms with Crippen LogP contribution in [-0.2, 0) is 18.5 Å². The van der Waals surface area contributed by atoms with Crippen LogP contribution in [0.15, 0.2) is 0 Å². The van der Waals surface area contributed by atoms with Crippen molar-refractivity contribution in [1.82, 2.24) is 20.3 Å². The van der Waals surface area contributed by atoms with Gasteiger partial charge in [0.15, 0.2) is 0 Å². The average molecular weight is 236 g/mol. The highest BCUT2D eigenvalue weighted by Gasteiger charge is 2.31. The van der Waals surface area contributed by atoms with E-state index in [1.54, 1.807) is 0 Å². The SMILES string of the molecule is CC(C)(C)CC(C)(C)n1nnc2c1CCNC2. The molecule has 17 heavy (non-hydrogen) atoms. The maximum Gasteiger partial charge on any atom is 0.0997 e. The number of hydrogen-bond donors (Lipinski definition) is 1. The lowest BCUT2D eigenvalue weighted by Crippen LogP contribution is -2.35. The largest absolute Gasteiger partial charge is 0.311 e. The third-order valence-electron chi connectivity index (χ3n) is 3.21. The van der Waals surface area contributed by atoms with Gasteiger partial charge in [-0.1, -0.05) is 26.0 Å². The molecule has 0 bridgehead atoms. The lowest BCUT2D eigenvalue weighted by molar-refractivity contribution is 0.190. The van der Waals surface area contributed by atoms with Gasteiger partial charge >= 0.3 is 0 Å². The Morgan fingerprint density at radius 1 is 1.24 bits per heavy atom. The summed E-state index contributed by atoms with van der Waals surface area (Å²) in [5.41, 5.74) is 2.78. The number of aromatic nitrogens is 3. The summed E-state index contributed by atoms with van der Waals surface area (Å²) >= 11 is 0. The maximum atomic E-state index is 4.38. The first-order valence-corrected chi connectivity index (χ1v) is 6.44. The zero-order chi connectivity index (χ0) is 12.7. The van der Waals surface area contributed by atoms with E-state index < -0.39 is 0 Å². The van der Waals surface area contributed by atoms with Crippen LogP contribution in [0.5, 0.6) is 0 Å². The highest BCUT2D eigenvalue weighted by atomic mass is 15.5. The van der Waals surface area contributed by atoms with Crippen LogP contribution in [-0.4, -0.2) is 21.5 Å². The van der Waals surface area contributed by atoms with Crippen LogP contribution in [0, 0.1) is 5.41 Å². The normalized spacial score (nSPS) is 17.0. The molecule has 0 spiro atoms. The number of nitrogens with one attached hydrogen (secondary N) is 1. The van der Waals surface area contributed by atoms with Gasteiger partial charge in [0.05, 0.1) is 16.9 Å². The van der Waals surface area contributed by atoms with E-state index >= 15 is 0 Å². The smallest absolute Gasteiger partial charge is 0.0997 e. The van der Waals surface area contributed by atoms with Gasteiger partial charge in [0.2, 0.25) is 0 Å². The number of hydrogen-bond acceptors (Lipinski definition) is 3. The van der Waals surface area contributed by atoms with E-state index in [1.807, 2.05) is 0 Å². The first kappa shape index (κ1) is 12.6. The van der Waals surface area contributed by atoms with Crippen LogP contribution in [0.2, 0.25) is 0 Å². The second kappa shape index (κ2) is 4.09. The molecule has 0 saturated heterocycles. The van der Waals surface area contributed by atoms with Gasteiger partial charge in [-0.15, -0.1) is 5.10 Å². The molecular weight excluding hydrogens is 212 g/mol. The van der Waals surface area contributed by atoms with Crippen molar-refractivity contribution in [2.24, 2.45) is 5.41 Å². The summed E-state index contributed by atoms with van der Waals surface area (Å²) in [6.07, 6.45) is 2.14. The predicted molar refractivity (Wildman–Crippen MR) is 68.8 cm³/mol. The van der Waals surface area contributed by atoms with E-state index in [0.29, 0.717) is 5.41 Å². The molecule has 2 rings (SSSR count). The van der Waals surface area contributed by atoms with E-state index in [4.69, 9.17) is 0 Å². The van der Waals surface area contributed by atoms with Crippen LogP contribution in [0.25, 0.3) is 0 Å². The molecule has 0 fully saturated rings. The number of fused-ring (bicyclic) bond motifs is 1. The Kier molecular flexibility index (Phi) is 3.02. The zero-order valence-corrected chi connectivity index (χ0v) is 11.7. The van der Waals surface area contributed by atoms with Gasteiger partial charge in [-0.05, 0) is 25.7 Å². The lowest BCUT2D eigenvalue weighted by Gasteiger charge is -2.34. The molecule has 0 unspecified atom stereocenters. The second-order valence-corrected chi connectivity index (χ2v) is 6.87. The van der Waals surface area contributed by atoms with E-state index in [9.17, 15) is 0 Å². The first-order chi connectivity index (χ1) is 7.80. The zero-order valence-electron chi connectivity index (χ0n) is 11.7. The van der Waals surface area contributed by atoms with Gasteiger partial charge in [-0.3, -0.25) is 0 Å². The number of rotatable bonds is 2. The third-order valence-corrected chi connectivity index (χ3v) is 3.21. The van der Waals surface area contributed by atoms with E-state index in [0.717, 1.165) is 31.6 Å². The minimum absolute atomic E-state index is 0.0379. The molecule has 1 aromatic rings. The van der Waals surface area contributed by atoms with Crippen LogP contribution < -0.4 is 5.32 Å². The topological polar surface area (TPSA) is 42.7 Å². The average Bonchev–Trinajstić information content (AvgIpc) is 2.57. The molecule has 1 aliphatic heterocycles. The monoisotopic (exact) mass is 236 g/mol. The molecule has 0 atom stereocenters. The van der Waals surface area contributed by atoms with Crippen molar-refractivity contribution in [1.29, 1.82) is 0 Å². The molecule has 1 aromatic heterocycles. The van der Waals surface area contributed by atoms with Crippen molar-refractivity contribution >= 4 is 0 Å². The van der Waals surface area contributed by atoms with Crippen molar-refractivity contribution in [3.05, 3.63) is 11.4 Å². The van der Waals surface area contributed by atoms with E-state index in [1.165, 1.54) is 5.69 Å². The van der Waals surface area contributed by atoms with Crippen LogP contribution in [0.1, 0.15) is 52.4 Å². The molecule has 1 aliphatic rings. The number of nitrogens with zero attached hydrogens (tertiary/aromatic N) is 3. The highest BCUT2D eigenvalue weighted by molar-refractivity contribution is 5.15. The molecule has 1 N–H and O–H groups in total. The van der Waals surface area contributed by atoms with Gasteiger partial charge in [0.1, 0.15) is 0 Å². The lowest BCUT2D eigenvalue weighted by atomic mass is 9.81. The fraction of sp³-hybridized carbons (Fsp3) is 0.846.